The fourth-order valence-corrected chi connectivity index (χ4v) is 3.10. The van der Waals surface area contributed by atoms with E-state index in [1.807, 2.05) is 0 Å². The SMILES string of the molecule is C[NH+](Cc1ccc(C(F)(F)F)cc1)CN1C(=O)c2cccc([N+](=O)[O-])c2C1=O. The quantitative estimate of drug-likeness (QED) is 0.477. The largest absolute Gasteiger partial charge is 0.416 e. The molecule has 0 aliphatic carbocycles. The molecule has 7 nitrogen and oxygen atoms in total. The monoisotopic (exact) mass is 394 g/mol. The smallest absolute Gasteiger partial charge is 0.316 e. The lowest BCUT2D eigenvalue weighted by atomic mass is 10.1. The predicted octanol–water partition coefficient (Wildman–Crippen LogP) is 1.88. The molecule has 10 heteroatoms. The minimum absolute atomic E-state index is 0.0264. The molecular weight excluding hydrogens is 379 g/mol. The summed E-state index contributed by atoms with van der Waals surface area (Å²) in [5, 5.41) is 11.1. The fraction of sp³-hybridized carbons (Fsp3) is 0.222. The van der Waals surface area contributed by atoms with Crippen molar-refractivity contribution in [3.8, 4) is 0 Å². The van der Waals surface area contributed by atoms with Crippen LogP contribution < -0.4 is 4.90 Å². The molecule has 1 heterocycles. The number of carbonyl (C=O) groups excluding carboxylic acids is 2. The Morgan fingerprint density at radius 3 is 2.29 bits per heavy atom. The maximum atomic E-state index is 12.6. The van der Waals surface area contributed by atoms with Crippen molar-refractivity contribution >= 4 is 17.5 Å². The summed E-state index contributed by atoms with van der Waals surface area (Å²) in [4.78, 5) is 37.0. The van der Waals surface area contributed by atoms with Crippen LogP contribution in [0.25, 0.3) is 0 Å². The van der Waals surface area contributed by atoms with Crippen molar-refractivity contribution in [3.05, 3.63) is 74.8 Å². The molecule has 0 radical (unpaired) electrons. The van der Waals surface area contributed by atoms with E-state index < -0.39 is 34.2 Å². The molecule has 1 aliphatic rings. The zero-order chi connectivity index (χ0) is 20.6. The van der Waals surface area contributed by atoms with Gasteiger partial charge in [0, 0.05) is 11.6 Å². The fourth-order valence-electron chi connectivity index (χ4n) is 3.10. The first-order valence-electron chi connectivity index (χ1n) is 8.20. The number of rotatable bonds is 5. The zero-order valence-corrected chi connectivity index (χ0v) is 14.6. The Morgan fingerprint density at radius 2 is 1.71 bits per heavy atom. The molecule has 1 unspecified atom stereocenters. The lowest BCUT2D eigenvalue weighted by molar-refractivity contribution is -0.901. The van der Waals surface area contributed by atoms with E-state index in [1.165, 1.54) is 24.3 Å². The van der Waals surface area contributed by atoms with Gasteiger partial charge in [-0.25, -0.2) is 4.90 Å². The number of halogens is 3. The predicted molar refractivity (Wildman–Crippen MR) is 90.5 cm³/mol. The normalized spacial score (nSPS) is 14.9. The van der Waals surface area contributed by atoms with E-state index in [0.29, 0.717) is 10.5 Å². The molecule has 0 saturated carbocycles. The van der Waals surface area contributed by atoms with Crippen LogP contribution in [0.1, 0.15) is 31.8 Å². The van der Waals surface area contributed by atoms with Gasteiger partial charge < -0.3 is 4.90 Å². The number of nitrogens with one attached hydrogen (secondary N) is 1. The number of imide groups is 1. The van der Waals surface area contributed by atoms with E-state index in [2.05, 4.69) is 0 Å². The third-order valence-electron chi connectivity index (χ3n) is 4.39. The highest BCUT2D eigenvalue weighted by Gasteiger charge is 2.42. The Bertz CT molecular complexity index is 958. The van der Waals surface area contributed by atoms with E-state index >= 15 is 0 Å². The standard InChI is InChI=1S/C18H14F3N3O4/c1-22(9-11-5-7-12(8-6-11)18(19,20)21)10-23-16(25)13-3-2-4-14(24(27)28)15(13)17(23)26/h2-8H,9-10H2,1H3/p+1. The lowest BCUT2D eigenvalue weighted by Crippen LogP contribution is -3.09. The number of hydrogen-bond donors (Lipinski definition) is 1. The molecular formula is C18H15F3N3O4+. The maximum Gasteiger partial charge on any atom is 0.416 e. The Balaban J connectivity index is 1.74. The van der Waals surface area contributed by atoms with Crippen molar-refractivity contribution in [1.82, 2.24) is 4.90 Å². The highest BCUT2D eigenvalue weighted by atomic mass is 19.4. The second kappa shape index (κ2) is 7.04. The minimum Gasteiger partial charge on any atom is -0.316 e. The van der Waals surface area contributed by atoms with Gasteiger partial charge in [0.25, 0.3) is 17.5 Å². The summed E-state index contributed by atoms with van der Waals surface area (Å²) >= 11 is 0. The number of fused-ring (bicyclic) bond motifs is 1. The molecule has 2 aromatic rings. The molecule has 0 bridgehead atoms. The van der Waals surface area contributed by atoms with E-state index in [-0.39, 0.29) is 24.3 Å². The first-order chi connectivity index (χ1) is 13.1. The van der Waals surface area contributed by atoms with Gasteiger partial charge in [-0.1, -0.05) is 18.2 Å². The number of nitro groups is 1. The summed E-state index contributed by atoms with van der Waals surface area (Å²) in [6.45, 7) is 0.179. The van der Waals surface area contributed by atoms with Crippen LogP contribution in [0.3, 0.4) is 0 Å². The van der Waals surface area contributed by atoms with Crippen LogP contribution in [0, 0.1) is 10.1 Å². The third-order valence-corrected chi connectivity index (χ3v) is 4.39. The third kappa shape index (κ3) is 3.58. The van der Waals surface area contributed by atoms with Crippen LogP contribution in [0.15, 0.2) is 42.5 Å². The van der Waals surface area contributed by atoms with E-state index in [9.17, 15) is 32.9 Å². The van der Waals surface area contributed by atoms with Crippen LogP contribution in [-0.4, -0.2) is 35.4 Å². The van der Waals surface area contributed by atoms with Crippen LogP contribution in [0.5, 0.6) is 0 Å². The molecule has 28 heavy (non-hydrogen) atoms. The highest BCUT2D eigenvalue weighted by Crippen LogP contribution is 2.30. The molecule has 0 aromatic heterocycles. The molecule has 2 amide bonds. The Morgan fingerprint density at radius 1 is 1.07 bits per heavy atom. The van der Waals surface area contributed by atoms with Crippen LogP contribution in [0.4, 0.5) is 18.9 Å². The summed E-state index contributed by atoms with van der Waals surface area (Å²) in [5.41, 5.74) is -0.866. The molecule has 0 saturated heterocycles. The Hall–Kier alpha value is -3.27. The first kappa shape index (κ1) is 19.5. The van der Waals surface area contributed by atoms with Crippen molar-refractivity contribution in [1.29, 1.82) is 0 Å². The number of nitro benzene ring substituents is 1. The van der Waals surface area contributed by atoms with Gasteiger partial charge in [-0.2, -0.15) is 13.2 Å². The summed E-state index contributed by atoms with van der Waals surface area (Å²) in [6, 6.07) is 8.45. The van der Waals surface area contributed by atoms with Gasteiger partial charge in [0.15, 0.2) is 6.67 Å². The summed E-state index contributed by atoms with van der Waals surface area (Å²) < 4.78 is 37.9. The number of amides is 2. The molecule has 1 N–H and O–H groups in total. The topological polar surface area (TPSA) is 85.0 Å². The maximum absolute atomic E-state index is 12.6. The Labute approximate surface area is 157 Å². The van der Waals surface area contributed by atoms with Crippen molar-refractivity contribution in [2.75, 3.05) is 13.7 Å². The molecule has 2 aromatic carbocycles. The lowest BCUT2D eigenvalue weighted by Gasteiger charge is -2.20. The van der Waals surface area contributed by atoms with Crippen molar-refractivity contribution in [3.63, 3.8) is 0 Å². The number of benzene rings is 2. The van der Waals surface area contributed by atoms with E-state index in [1.54, 1.807) is 7.05 Å². The Kier molecular flexibility index (Phi) is 4.90. The summed E-state index contributed by atoms with van der Waals surface area (Å²) in [7, 11) is 1.66. The first-order valence-corrected chi connectivity index (χ1v) is 8.20. The number of alkyl halides is 3. The van der Waals surface area contributed by atoms with Crippen molar-refractivity contribution in [2.24, 2.45) is 0 Å². The van der Waals surface area contributed by atoms with Crippen LogP contribution in [-0.2, 0) is 12.7 Å². The van der Waals surface area contributed by atoms with E-state index in [4.69, 9.17) is 0 Å². The average molecular weight is 394 g/mol. The molecule has 1 aliphatic heterocycles. The van der Waals surface area contributed by atoms with Gasteiger partial charge in [0.2, 0.25) is 0 Å². The molecule has 1 atom stereocenters. The van der Waals surface area contributed by atoms with Gasteiger partial charge in [-0.15, -0.1) is 0 Å². The van der Waals surface area contributed by atoms with Gasteiger partial charge >= 0.3 is 6.18 Å². The van der Waals surface area contributed by atoms with Crippen molar-refractivity contribution < 1.29 is 32.6 Å². The number of carbonyl (C=O) groups is 2. The second-order valence-electron chi connectivity index (χ2n) is 6.48. The number of nitrogens with zero attached hydrogens (tertiary/aromatic N) is 2. The van der Waals surface area contributed by atoms with Crippen LogP contribution >= 0.6 is 0 Å². The molecule has 3 rings (SSSR count). The minimum atomic E-state index is -4.42. The summed E-state index contributed by atoms with van der Waals surface area (Å²) in [5.74, 6) is -1.38. The van der Waals surface area contributed by atoms with Crippen molar-refractivity contribution in [2.45, 2.75) is 12.7 Å². The summed E-state index contributed by atoms with van der Waals surface area (Å²) in [6.07, 6.45) is -4.42. The van der Waals surface area contributed by atoms with Gasteiger partial charge in [-0.3, -0.25) is 19.7 Å². The zero-order valence-electron chi connectivity index (χ0n) is 14.6. The average Bonchev–Trinajstić information content (AvgIpc) is 2.86. The number of hydrogen-bond acceptors (Lipinski definition) is 4. The molecule has 0 spiro atoms. The van der Waals surface area contributed by atoms with Crippen LogP contribution in [0.2, 0.25) is 0 Å². The number of quaternary nitrogens is 1. The van der Waals surface area contributed by atoms with Gasteiger partial charge in [0.05, 0.1) is 23.1 Å². The second-order valence-corrected chi connectivity index (χ2v) is 6.48. The van der Waals surface area contributed by atoms with Gasteiger partial charge in [0.1, 0.15) is 12.1 Å². The van der Waals surface area contributed by atoms with E-state index in [0.717, 1.165) is 23.1 Å². The highest BCUT2D eigenvalue weighted by molar-refractivity contribution is 6.23. The molecule has 146 valence electrons. The molecule has 0 fully saturated rings. The van der Waals surface area contributed by atoms with Gasteiger partial charge in [-0.05, 0) is 18.2 Å².